The van der Waals surface area contributed by atoms with Crippen LogP contribution in [-0.4, -0.2) is 41.9 Å². The van der Waals surface area contributed by atoms with E-state index >= 15 is 0 Å². The predicted molar refractivity (Wildman–Crippen MR) is 140 cm³/mol. The van der Waals surface area contributed by atoms with E-state index in [-0.39, 0.29) is 24.0 Å². The number of aromatic amines is 1. The Morgan fingerprint density at radius 3 is 2.58 bits per heavy atom. The first-order valence-corrected chi connectivity index (χ1v) is 10.9. The van der Waals surface area contributed by atoms with E-state index in [0.717, 1.165) is 41.0 Å². The number of hydrogen-bond donors (Lipinski definition) is 3. The molecule has 3 aromatic rings. The van der Waals surface area contributed by atoms with Gasteiger partial charge in [0.2, 0.25) is 0 Å². The van der Waals surface area contributed by atoms with Gasteiger partial charge in [0.05, 0.1) is 20.3 Å². The van der Waals surface area contributed by atoms with Crippen LogP contribution in [0.3, 0.4) is 0 Å². The molecule has 176 valence electrons. The maximum atomic E-state index is 6.07. The van der Waals surface area contributed by atoms with E-state index in [0.29, 0.717) is 24.9 Å². The van der Waals surface area contributed by atoms with Gasteiger partial charge in [-0.3, -0.25) is 10.1 Å². The number of aliphatic imine (C=N–C) groups is 1. The Bertz CT molecular complexity index is 1060. The van der Waals surface area contributed by atoms with Crippen molar-refractivity contribution in [3.8, 4) is 22.9 Å². The highest BCUT2D eigenvalue weighted by molar-refractivity contribution is 14.0. The number of halogens is 1. The van der Waals surface area contributed by atoms with Crippen molar-refractivity contribution in [2.24, 2.45) is 10.9 Å². The van der Waals surface area contributed by atoms with Crippen LogP contribution in [0.5, 0.6) is 11.5 Å². The minimum absolute atomic E-state index is 0. The molecule has 1 aliphatic carbocycles. The van der Waals surface area contributed by atoms with Crippen molar-refractivity contribution in [2.45, 2.75) is 32.9 Å². The van der Waals surface area contributed by atoms with E-state index in [4.69, 9.17) is 9.47 Å². The summed E-state index contributed by atoms with van der Waals surface area (Å²) in [4.78, 5) is 8.87. The normalized spacial score (nSPS) is 13.2. The van der Waals surface area contributed by atoms with E-state index in [2.05, 4.69) is 55.9 Å². The molecule has 2 aromatic carbocycles. The molecule has 0 atom stereocenters. The average Bonchev–Trinajstić information content (AvgIpc) is 3.54. The second-order valence-corrected chi connectivity index (χ2v) is 7.98. The lowest BCUT2D eigenvalue weighted by molar-refractivity contribution is 0.296. The van der Waals surface area contributed by atoms with Crippen LogP contribution in [0.15, 0.2) is 47.5 Å². The van der Waals surface area contributed by atoms with Crippen LogP contribution in [0.25, 0.3) is 11.4 Å². The van der Waals surface area contributed by atoms with Gasteiger partial charge in [0.25, 0.3) is 0 Å². The molecule has 0 saturated heterocycles. The van der Waals surface area contributed by atoms with Crippen LogP contribution in [0.2, 0.25) is 0 Å². The van der Waals surface area contributed by atoms with Crippen LogP contribution in [-0.2, 0) is 13.1 Å². The van der Waals surface area contributed by atoms with Gasteiger partial charge < -0.3 is 20.1 Å². The van der Waals surface area contributed by atoms with E-state index in [1.807, 2.05) is 24.3 Å². The highest BCUT2D eigenvalue weighted by Gasteiger charge is 2.22. The first kappa shape index (κ1) is 24.8. The molecule has 0 spiro atoms. The van der Waals surface area contributed by atoms with Gasteiger partial charge in [-0.15, -0.1) is 24.0 Å². The molecule has 0 unspecified atom stereocenters. The lowest BCUT2D eigenvalue weighted by atomic mass is 10.1. The first-order valence-electron chi connectivity index (χ1n) is 10.9. The zero-order chi connectivity index (χ0) is 22.3. The van der Waals surface area contributed by atoms with Gasteiger partial charge in [0.15, 0.2) is 11.8 Å². The number of nitrogens with one attached hydrogen (secondary N) is 3. The Kier molecular flexibility index (Phi) is 8.93. The fraction of sp³-hybridized carbons (Fsp3) is 0.375. The van der Waals surface area contributed by atoms with Crippen LogP contribution < -0.4 is 20.1 Å². The maximum absolute atomic E-state index is 6.07. The van der Waals surface area contributed by atoms with E-state index in [1.54, 1.807) is 14.2 Å². The SMILES string of the molecule is CN=C(NCc1nc(-c2ccc(OC)cc2)n[nH]1)NCc1ccc(C)cc1OCC1CC1.I. The third-order valence-corrected chi connectivity index (χ3v) is 5.37. The summed E-state index contributed by atoms with van der Waals surface area (Å²) in [5.74, 6) is 4.51. The van der Waals surface area contributed by atoms with Gasteiger partial charge in [-0.1, -0.05) is 12.1 Å². The number of rotatable bonds is 9. The monoisotopic (exact) mass is 562 g/mol. The molecule has 1 fully saturated rings. The molecule has 9 heteroatoms. The van der Waals surface area contributed by atoms with Crippen LogP contribution in [0.1, 0.15) is 29.8 Å². The molecular formula is C24H31IN6O2. The van der Waals surface area contributed by atoms with Crippen molar-refractivity contribution in [3.05, 3.63) is 59.4 Å². The molecule has 1 saturated carbocycles. The lowest BCUT2D eigenvalue weighted by Crippen LogP contribution is -2.36. The summed E-state index contributed by atoms with van der Waals surface area (Å²) in [6.07, 6.45) is 2.55. The van der Waals surface area contributed by atoms with Crippen LogP contribution in [0, 0.1) is 12.8 Å². The van der Waals surface area contributed by atoms with Crippen molar-refractivity contribution in [3.63, 3.8) is 0 Å². The van der Waals surface area contributed by atoms with Gasteiger partial charge in [-0.05, 0) is 61.6 Å². The average molecular weight is 562 g/mol. The fourth-order valence-electron chi connectivity index (χ4n) is 3.24. The Morgan fingerprint density at radius 2 is 1.88 bits per heavy atom. The zero-order valence-electron chi connectivity index (χ0n) is 19.2. The highest BCUT2D eigenvalue weighted by atomic mass is 127. The molecule has 3 N–H and O–H groups in total. The lowest BCUT2D eigenvalue weighted by Gasteiger charge is -2.15. The van der Waals surface area contributed by atoms with E-state index in [1.165, 1.54) is 18.4 Å². The van der Waals surface area contributed by atoms with Gasteiger partial charge >= 0.3 is 0 Å². The fourth-order valence-corrected chi connectivity index (χ4v) is 3.24. The second kappa shape index (κ2) is 11.9. The summed E-state index contributed by atoms with van der Waals surface area (Å²) in [6, 6.07) is 14.0. The summed E-state index contributed by atoms with van der Waals surface area (Å²) in [6.45, 7) is 3.97. The number of guanidine groups is 1. The summed E-state index contributed by atoms with van der Waals surface area (Å²) in [5, 5.41) is 13.9. The largest absolute Gasteiger partial charge is 0.497 e. The van der Waals surface area contributed by atoms with Gasteiger partial charge in [-0.2, -0.15) is 5.10 Å². The molecule has 33 heavy (non-hydrogen) atoms. The van der Waals surface area contributed by atoms with Crippen molar-refractivity contribution in [2.75, 3.05) is 20.8 Å². The molecular weight excluding hydrogens is 531 g/mol. The molecule has 1 heterocycles. The van der Waals surface area contributed by atoms with Crippen molar-refractivity contribution in [1.82, 2.24) is 25.8 Å². The number of aryl methyl sites for hydroxylation is 1. The predicted octanol–water partition coefficient (Wildman–Crippen LogP) is 4.06. The molecule has 1 aliphatic rings. The minimum atomic E-state index is 0. The highest BCUT2D eigenvalue weighted by Crippen LogP contribution is 2.30. The molecule has 4 rings (SSSR count). The van der Waals surface area contributed by atoms with Crippen molar-refractivity contribution >= 4 is 29.9 Å². The Morgan fingerprint density at radius 1 is 1.12 bits per heavy atom. The summed E-state index contributed by atoms with van der Waals surface area (Å²) >= 11 is 0. The zero-order valence-corrected chi connectivity index (χ0v) is 21.6. The summed E-state index contributed by atoms with van der Waals surface area (Å²) < 4.78 is 11.3. The van der Waals surface area contributed by atoms with Crippen molar-refractivity contribution in [1.29, 1.82) is 0 Å². The number of benzene rings is 2. The first-order chi connectivity index (χ1) is 15.6. The number of aromatic nitrogens is 3. The Balaban J connectivity index is 0.00000306. The Labute approximate surface area is 211 Å². The molecule has 0 amide bonds. The second-order valence-electron chi connectivity index (χ2n) is 7.98. The molecule has 0 bridgehead atoms. The van der Waals surface area contributed by atoms with E-state index < -0.39 is 0 Å². The summed E-state index contributed by atoms with van der Waals surface area (Å²) in [5.41, 5.74) is 3.23. The van der Waals surface area contributed by atoms with Crippen LogP contribution >= 0.6 is 24.0 Å². The van der Waals surface area contributed by atoms with Gasteiger partial charge in [0, 0.05) is 24.7 Å². The quantitative estimate of drug-likeness (QED) is 0.207. The van der Waals surface area contributed by atoms with E-state index in [9.17, 15) is 0 Å². The van der Waals surface area contributed by atoms with Gasteiger partial charge in [0.1, 0.15) is 17.3 Å². The molecule has 0 aliphatic heterocycles. The van der Waals surface area contributed by atoms with Crippen molar-refractivity contribution < 1.29 is 9.47 Å². The number of methoxy groups -OCH3 is 1. The molecule has 8 nitrogen and oxygen atoms in total. The standard InChI is InChI=1S/C24H30N6O2.HI/c1-16-4-7-19(21(12-16)32-15-17-5-6-17)13-26-24(25-2)27-14-22-28-23(30-29-22)18-8-10-20(31-3)11-9-18;/h4,7-12,17H,5-6,13-15H2,1-3H3,(H2,25,26,27)(H,28,29,30);1H. The topological polar surface area (TPSA) is 96.5 Å². The minimum Gasteiger partial charge on any atom is -0.497 e. The number of nitrogens with zero attached hydrogens (tertiary/aromatic N) is 3. The Hall–Kier alpha value is -2.82. The van der Waals surface area contributed by atoms with Gasteiger partial charge in [-0.25, -0.2) is 4.98 Å². The smallest absolute Gasteiger partial charge is 0.191 e. The molecule has 0 radical (unpaired) electrons. The number of H-pyrrole nitrogens is 1. The molecule has 1 aromatic heterocycles. The number of ether oxygens (including phenoxy) is 2. The third-order valence-electron chi connectivity index (χ3n) is 5.37. The third kappa shape index (κ3) is 7.08. The summed E-state index contributed by atoms with van der Waals surface area (Å²) in [7, 11) is 3.39. The number of hydrogen-bond acceptors (Lipinski definition) is 5. The van der Waals surface area contributed by atoms with Crippen LogP contribution in [0.4, 0.5) is 0 Å². The maximum Gasteiger partial charge on any atom is 0.191 e.